The second-order valence-corrected chi connectivity index (χ2v) is 9.92. The number of fused-ring (bicyclic) bond motifs is 1. The number of benzene rings is 2. The van der Waals surface area contributed by atoms with Crippen LogP contribution in [-0.4, -0.2) is 42.1 Å². The summed E-state index contributed by atoms with van der Waals surface area (Å²) in [5.41, 5.74) is 2.53. The summed E-state index contributed by atoms with van der Waals surface area (Å²) in [5, 5.41) is 3.99. The molecular formula is C27H34N2O2. The Balaban J connectivity index is 1.48. The summed E-state index contributed by atoms with van der Waals surface area (Å²) in [7, 11) is 1.68. The molecule has 1 saturated carbocycles. The number of nitrogens with one attached hydrogen (secondary N) is 1. The highest BCUT2D eigenvalue weighted by Gasteiger charge is 2.59. The van der Waals surface area contributed by atoms with Crippen LogP contribution in [0, 0.1) is 5.41 Å². The van der Waals surface area contributed by atoms with Gasteiger partial charge in [0.2, 0.25) is 5.91 Å². The van der Waals surface area contributed by atoms with Crippen LogP contribution < -0.4 is 10.1 Å². The molecule has 5 rings (SSSR count). The summed E-state index contributed by atoms with van der Waals surface area (Å²) in [6.45, 7) is 2.44. The van der Waals surface area contributed by atoms with Crippen molar-refractivity contribution < 1.29 is 9.53 Å². The van der Waals surface area contributed by atoms with Crippen molar-refractivity contribution in [1.82, 2.24) is 10.2 Å². The van der Waals surface area contributed by atoms with E-state index in [9.17, 15) is 4.79 Å². The zero-order valence-corrected chi connectivity index (χ0v) is 18.7. The van der Waals surface area contributed by atoms with Crippen LogP contribution in [0.5, 0.6) is 5.75 Å². The predicted molar refractivity (Wildman–Crippen MR) is 123 cm³/mol. The molecule has 2 aliphatic heterocycles. The number of hydrogen-bond acceptors (Lipinski definition) is 3. The number of nitrogens with zero attached hydrogens (tertiary/aromatic N) is 1. The quantitative estimate of drug-likeness (QED) is 0.784. The SMILES string of the molecule is COc1cccc(CC(=O)N2[C@@H](Cc3ccccc3)[C@@H]3C[C@@]4(C)[C@H](CCCC[C@@H]24)N3)c1. The van der Waals surface area contributed by atoms with E-state index in [2.05, 4.69) is 47.5 Å². The molecule has 4 nitrogen and oxygen atoms in total. The lowest BCUT2D eigenvalue weighted by Crippen LogP contribution is -2.62. The van der Waals surface area contributed by atoms with Crippen molar-refractivity contribution in [2.45, 2.75) is 76.0 Å². The van der Waals surface area contributed by atoms with Crippen molar-refractivity contribution in [2.75, 3.05) is 7.11 Å². The Morgan fingerprint density at radius 1 is 1.10 bits per heavy atom. The van der Waals surface area contributed by atoms with E-state index in [-0.39, 0.29) is 17.4 Å². The van der Waals surface area contributed by atoms with Gasteiger partial charge in [-0.1, -0.05) is 62.2 Å². The van der Waals surface area contributed by atoms with Gasteiger partial charge in [0.05, 0.1) is 19.6 Å². The molecule has 164 valence electrons. The first-order valence-corrected chi connectivity index (χ1v) is 11.8. The Morgan fingerprint density at radius 3 is 2.68 bits per heavy atom. The minimum Gasteiger partial charge on any atom is -0.497 e. The van der Waals surface area contributed by atoms with Crippen molar-refractivity contribution >= 4 is 5.91 Å². The van der Waals surface area contributed by atoms with Crippen LogP contribution in [0.15, 0.2) is 54.6 Å². The average molecular weight is 419 g/mol. The molecular weight excluding hydrogens is 384 g/mol. The number of rotatable bonds is 5. The smallest absolute Gasteiger partial charge is 0.227 e. The van der Waals surface area contributed by atoms with Crippen molar-refractivity contribution in [3.63, 3.8) is 0 Å². The van der Waals surface area contributed by atoms with Crippen LogP contribution in [0.1, 0.15) is 50.2 Å². The zero-order chi connectivity index (χ0) is 21.4. The van der Waals surface area contributed by atoms with Crippen LogP contribution in [0.2, 0.25) is 0 Å². The molecule has 0 unspecified atom stereocenters. The first-order chi connectivity index (χ1) is 15.1. The fraction of sp³-hybridized carbons (Fsp3) is 0.519. The Labute approximate surface area is 186 Å². The van der Waals surface area contributed by atoms with Crippen LogP contribution >= 0.6 is 0 Å². The van der Waals surface area contributed by atoms with E-state index in [0.717, 1.165) is 24.2 Å². The average Bonchev–Trinajstić information content (AvgIpc) is 2.99. The van der Waals surface area contributed by atoms with Crippen molar-refractivity contribution in [2.24, 2.45) is 5.41 Å². The lowest BCUT2D eigenvalue weighted by atomic mass is 9.69. The second-order valence-electron chi connectivity index (χ2n) is 9.92. The molecule has 0 aromatic heterocycles. The van der Waals surface area contributed by atoms with Gasteiger partial charge in [-0.05, 0) is 48.9 Å². The number of piperidine rings is 1. The first kappa shape index (κ1) is 20.6. The van der Waals surface area contributed by atoms with Gasteiger partial charge in [-0.2, -0.15) is 0 Å². The number of hydrogen-bond donors (Lipinski definition) is 1. The predicted octanol–water partition coefficient (Wildman–Crippen LogP) is 4.37. The summed E-state index contributed by atoms with van der Waals surface area (Å²) in [4.78, 5) is 16.2. The van der Waals surface area contributed by atoms with Gasteiger partial charge >= 0.3 is 0 Å². The van der Waals surface area contributed by atoms with Crippen molar-refractivity contribution in [3.05, 3.63) is 65.7 Å². The minimum absolute atomic E-state index is 0.179. The molecule has 2 bridgehead atoms. The van der Waals surface area contributed by atoms with Crippen molar-refractivity contribution in [3.8, 4) is 5.75 Å². The molecule has 0 spiro atoms. The number of amides is 1. The highest BCUT2D eigenvalue weighted by atomic mass is 16.5. The molecule has 2 saturated heterocycles. The lowest BCUT2D eigenvalue weighted by molar-refractivity contribution is -0.142. The Morgan fingerprint density at radius 2 is 1.87 bits per heavy atom. The summed E-state index contributed by atoms with van der Waals surface area (Å²) in [6.07, 6.45) is 7.37. The molecule has 3 fully saturated rings. The van der Waals surface area contributed by atoms with Crippen LogP contribution in [-0.2, 0) is 17.6 Å². The maximum Gasteiger partial charge on any atom is 0.227 e. The molecule has 5 atom stereocenters. The molecule has 0 radical (unpaired) electrons. The summed E-state index contributed by atoms with van der Waals surface area (Å²) >= 11 is 0. The van der Waals surface area contributed by atoms with Gasteiger partial charge in [0, 0.05) is 23.5 Å². The maximum absolute atomic E-state index is 13.9. The molecule has 2 heterocycles. The molecule has 1 N–H and O–H groups in total. The standard InChI is InChI=1S/C27H34N2O2/c1-27-18-22-23(16-19-9-4-3-5-10-19)29(25(27)14-7-6-13-24(27)28-22)26(30)17-20-11-8-12-21(15-20)31-2/h3-5,8-12,15,22-25,28H,6-7,13-14,16-18H2,1-2H3/t22-,23-,24-,25+,27-/m0/s1. The largest absolute Gasteiger partial charge is 0.497 e. The van der Waals surface area contributed by atoms with E-state index >= 15 is 0 Å². The topological polar surface area (TPSA) is 41.6 Å². The van der Waals surface area contributed by atoms with E-state index in [1.54, 1.807) is 7.11 Å². The molecule has 4 heteroatoms. The summed E-state index contributed by atoms with van der Waals surface area (Å²) in [5.74, 6) is 1.08. The van der Waals surface area contributed by atoms with Gasteiger partial charge in [-0.3, -0.25) is 4.79 Å². The Hall–Kier alpha value is -2.33. The maximum atomic E-state index is 13.9. The monoisotopic (exact) mass is 418 g/mol. The van der Waals surface area contributed by atoms with Gasteiger partial charge in [-0.15, -0.1) is 0 Å². The Kier molecular flexibility index (Phi) is 5.51. The number of carbonyl (C=O) groups is 1. The third kappa shape index (κ3) is 3.76. The van der Waals surface area contributed by atoms with Crippen LogP contribution in [0.25, 0.3) is 0 Å². The van der Waals surface area contributed by atoms with E-state index < -0.39 is 0 Å². The molecule has 1 amide bonds. The fourth-order valence-electron chi connectivity index (χ4n) is 6.55. The third-order valence-electron chi connectivity index (χ3n) is 8.08. The summed E-state index contributed by atoms with van der Waals surface area (Å²) < 4.78 is 5.39. The number of likely N-dealkylation sites (tertiary alicyclic amines) is 1. The zero-order valence-electron chi connectivity index (χ0n) is 18.7. The number of methoxy groups -OCH3 is 1. The lowest BCUT2D eigenvalue weighted by Gasteiger charge is -2.51. The highest BCUT2D eigenvalue weighted by Crippen LogP contribution is 2.51. The minimum atomic E-state index is 0.179. The van der Waals surface area contributed by atoms with Gasteiger partial charge in [0.25, 0.3) is 0 Å². The molecule has 3 aliphatic rings. The third-order valence-corrected chi connectivity index (χ3v) is 8.08. The first-order valence-electron chi connectivity index (χ1n) is 11.8. The van der Waals surface area contributed by atoms with E-state index in [1.165, 1.54) is 31.2 Å². The van der Waals surface area contributed by atoms with Crippen LogP contribution in [0.4, 0.5) is 0 Å². The van der Waals surface area contributed by atoms with E-state index in [4.69, 9.17) is 4.74 Å². The molecule has 2 aromatic rings. The van der Waals surface area contributed by atoms with Gasteiger partial charge in [0.1, 0.15) is 5.75 Å². The van der Waals surface area contributed by atoms with Gasteiger partial charge in [0.15, 0.2) is 0 Å². The summed E-state index contributed by atoms with van der Waals surface area (Å²) in [6, 6.07) is 20.1. The fourth-order valence-corrected chi connectivity index (χ4v) is 6.55. The number of carbonyl (C=O) groups excluding carboxylic acids is 1. The normalized spacial score (nSPS) is 31.9. The van der Waals surface area contributed by atoms with Crippen molar-refractivity contribution in [1.29, 1.82) is 0 Å². The van der Waals surface area contributed by atoms with E-state index in [1.807, 2.05) is 24.3 Å². The van der Waals surface area contributed by atoms with Crippen LogP contribution in [0.3, 0.4) is 0 Å². The highest BCUT2D eigenvalue weighted by molar-refractivity contribution is 5.80. The number of ether oxygens (including phenoxy) is 1. The van der Waals surface area contributed by atoms with E-state index in [0.29, 0.717) is 24.5 Å². The molecule has 1 aliphatic carbocycles. The van der Waals surface area contributed by atoms with Gasteiger partial charge < -0.3 is 15.0 Å². The molecule has 31 heavy (non-hydrogen) atoms. The molecule has 2 aromatic carbocycles. The Bertz CT molecular complexity index is 930. The second kappa shape index (κ2) is 8.31. The van der Waals surface area contributed by atoms with Gasteiger partial charge in [-0.25, -0.2) is 0 Å².